The SMILES string of the molecule is CCCN(C1CC1)C(CN)c1cn(C)nc1CC. The summed E-state index contributed by atoms with van der Waals surface area (Å²) >= 11 is 0. The number of aryl methyl sites for hydroxylation is 2. The maximum Gasteiger partial charge on any atom is 0.0670 e. The first-order chi connectivity index (χ1) is 8.71. The van der Waals surface area contributed by atoms with Gasteiger partial charge in [-0.25, -0.2) is 0 Å². The molecule has 18 heavy (non-hydrogen) atoms. The summed E-state index contributed by atoms with van der Waals surface area (Å²) in [5, 5.41) is 4.55. The van der Waals surface area contributed by atoms with Crippen LogP contribution in [0.25, 0.3) is 0 Å². The molecule has 1 aliphatic rings. The normalized spacial score (nSPS) is 17.4. The van der Waals surface area contributed by atoms with Gasteiger partial charge in [-0.1, -0.05) is 13.8 Å². The molecule has 1 aromatic heterocycles. The highest BCUT2D eigenvalue weighted by Gasteiger charge is 2.34. The fourth-order valence-electron chi connectivity index (χ4n) is 2.80. The quantitative estimate of drug-likeness (QED) is 0.803. The summed E-state index contributed by atoms with van der Waals surface area (Å²) in [6.45, 7) is 6.24. The molecule has 0 amide bonds. The molecule has 1 fully saturated rings. The summed E-state index contributed by atoms with van der Waals surface area (Å²) in [5.41, 5.74) is 8.60. The lowest BCUT2D eigenvalue weighted by atomic mass is 10.0. The first kappa shape index (κ1) is 13.6. The molecule has 1 aliphatic carbocycles. The van der Waals surface area contributed by atoms with Crippen LogP contribution in [0.1, 0.15) is 50.4 Å². The highest BCUT2D eigenvalue weighted by molar-refractivity contribution is 5.22. The molecule has 0 bridgehead atoms. The Bertz CT molecular complexity index is 381. The molecule has 0 saturated heterocycles. The summed E-state index contributed by atoms with van der Waals surface area (Å²) in [6, 6.07) is 1.10. The molecule has 1 heterocycles. The maximum absolute atomic E-state index is 6.06. The van der Waals surface area contributed by atoms with E-state index in [2.05, 4.69) is 30.0 Å². The van der Waals surface area contributed by atoms with Crippen LogP contribution in [0.4, 0.5) is 0 Å². The number of nitrogens with two attached hydrogens (primary N) is 1. The van der Waals surface area contributed by atoms with Crippen LogP contribution >= 0.6 is 0 Å². The molecule has 4 heteroatoms. The Morgan fingerprint density at radius 1 is 1.50 bits per heavy atom. The van der Waals surface area contributed by atoms with Gasteiger partial charge in [-0.2, -0.15) is 5.10 Å². The fraction of sp³-hybridized carbons (Fsp3) is 0.786. The Kier molecular flexibility index (Phi) is 4.40. The number of aromatic nitrogens is 2. The number of hydrogen-bond acceptors (Lipinski definition) is 3. The first-order valence-electron chi connectivity index (χ1n) is 7.19. The van der Waals surface area contributed by atoms with Gasteiger partial charge >= 0.3 is 0 Å². The van der Waals surface area contributed by atoms with Crippen LogP contribution < -0.4 is 5.73 Å². The Labute approximate surface area is 110 Å². The van der Waals surface area contributed by atoms with Crippen molar-refractivity contribution >= 4 is 0 Å². The van der Waals surface area contributed by atoms with Gasteiger partial charge in [0.05, 0.1) is 11.7 Å². The number of hydrogen-bond donors (Lipinski definition) is 1. The number of rotatable bonds is 7. The highest BCUT2D eigenvalue weighted by atomic mass is 15.3. The molecule has 2 rings (SSSR count). The van der Waals surface area contributed by atoms with Crippen LogP contribution in [-0.4, -0.2) is 33.8 Å². The fourth-order valence-corrected chi connectivity index (χ4v) is 2.80. The van der Waals surface area contributed by atoms with Gasteiger partial charge in [-0.3, -0.25) is 9.58 Å². The molecule has 1 unspecified atom stereocenters. The zero-order valence-corrected chi connectivity index (χ0v) is 11.9. The van der Waals surface area contributed by atoms with Gasteiger partial charge < -0.3 is 5.73 Å². The second kappa shape index (κ2) is 5.85. The second-order valence-corrected chi connectivity index (χ2v) is 5.28. The predicted octanol–water partition coefficient (Wildman–Crippen LogP) is 1.86. The topological polar surface area (TPSA) is 47.1 Å². The van der Waals surface area contributed by atoms with E-state index in [4.69, 9.17) is 5.73 Å². The summed E-state index contributed by atoms with van der Waals surface area (Å²) in [7, 11) is 2.00. The van der Waals surface area contributed by atoms with Crippen molar-refractivity contribution in [2.24, 2.45) is 12.8 Å². The third-order valence-electron chi connectivity index (χ3n) is 3.75. The van der Waals surface area contributed by atoms with Crippen molar-refractivity contribution in [3.8, 4) is 0 Å². The van der Waals surface area contributed by atoms with Crippen LogP contribution in [-0.2, 0) is 13.5 Å². The van der Waals surface area contributed by atoms with Gasteiger partial charge in [0.1, 0.15) is 0 Å². The minimum atomic E-state index is 0.348. The number of nitrogens with zero attached hydrogens (tertiary/aromatic N) is 3. The van der Waals surface area contributed by atoms with E-state index in [-0.39, 0.29) is 0 Å². The van der Waals surface area contributed by atoms with E-state index >= 15 is 0 Å². The first-order valence-corrected chi connectivity index (χ1v) is 7.19. The van der Waals surface area contributed by atoms with Gasteiger partial charge in [0.25, 0.3) is 0 Å². The molecule has 102 valence electrons. The molecule has 0 spiro atoms. The van der Waals surface area contributed by atoms with Gasteiger partial charge in [-0.15, -0.1) is 0 Å². The Morgan fingerprint density at radius 3 is 2.72 bits per heavy atom. The molecule has 1 atom stereocenters. The molecule has 2 N–H and O–H groups in total. The Morgan fingerprint density at radius 2 is 2.22 bits per heavy atom. The summed E-state index contributed by atoms with van der Waals surface area (Å²) < 4.78 is 1.92. The van der Waals surface area contributed by atoms with E-state index in [1.807, 2.05) is 11.7 Å². The maximum atomic E-state index is 6.06. The van der Waals surface area contributed by atoms with Crippen molar-refractivity contribution in [2.45, 2.75) is 51.6 Å². The van der Waals surface area contributed by atoms with Gasteiger partial charge in [0.2, 0.25) is 0 Å². The zero-order chi connectivity index (χ0) is 13.1. The zero-order valence-electron chi connectivity index (χ0n) is 11.9. The average Bonchev–Trinajstić information content (AvgIpc) is 3.13. The summed E-state index contributed by atoms with van der Waals surface area (Å²) in [6.07, 6.45) is 6.99. The molecule has 0 radical (unpaired) electrons. The van der Waals surface area contributed by atoms with Crippen LogP contribution in [0.3, 0.4) is 0 Å². The van der Waals surface area contributed by atoms with E-state index in [1.165, 1.54) is 30.5 Å². The van der Waals surface area contributed by atoms with E-state index in [0.29, 0.717) is 12.6 Å². The Balaban J connectivity index is 2.24. The van der Waals surface area contributed by atoms with Crippen LogP contribution in [0.5, 0.6) is 0 Å². The minimum Gasteiger partial charge on any atom is -0.329 e. The summed E-state index contributed by atoms with van der Waals surface area (Å²) in [4.78, 5) is 2.59. The van der Waals surface area contributed by atoms with Gasteiger partial charge in [0.15, 0.2) is 0 Å². The third kappa shape index (κ3) is 2.75. The van der Waals surface area contributed by atoms with E-state index in [9.17, 15) is 0 Å². The van der Waals surface area contributed by atoms with Crippen LogP contribution in [0, 0.1) is 0 Å². The van der Waals surface area contributed by atoms with Gasteiger partial charge in [-0.05, 0) is 32.2 Å². The van der Waals surface area contributed by atoms with Crippen LogP contribution in [0.15, 0.2) is 6.20 Å². The van der Waals surface area contributed by atoms with Crippen molar-refractivity contribution in [2.75, 3.05) is 13.1 Å². The van der Waals surface area contributed by atoms with Crippen LogP contribution in [0.2, 0.25) is 0 Å². The highest BCUT2D eigenvalue weighted by Crippen LogP contribution is 2.35. The molecule has 4 nitrogen and oxygen atoms in total. The monoisotopic (exact) mass is 250 g/mol. The van der Waals surface area contributed by atoms with E-state index in [0.717, 1.165) is 19.0 Å². The lowest BCUT2D eigenvalue weighted by molar-refractivity contribution is 0.190. The molecular formula is C14H26N4. The Hall–Kier alpha value is -0.870. The van der Waals surface area contributed by atoms with E-state index in [1.54, 1.807) is 0 Å². The smallest absolute Gasteiger partial charge is 0.0670 e. The van der Waals surface area contributed by atoms with Crippen molar-refractivity contribution in [1.82, 2.24) is 14.7 Å². The third-order valence-corrected chi connectivity index (χ3v) is 3.75. The van der Waals surface area contributed by atoms with Crippen molar-refractivity contribution in [3.63, 3.8) is 0 Å². The summed E-state index contributed by atoms with van der Waals surface area (Å²) in [5.74, 6) is 0. The lowest BCUT2D eigenvalue weighted by Crippen LogP contribution is -2.36. The second-order valence-electron chi connectivity index (χ2n) is 5.28. The van der Waals surface area contributed by atoms with Crippen molar-refractivity contribution in [1.29, 1.82) is 0 Å². The van der Waals surface area contributed by atoms with Crippen molar-refractivity contribution < 1.29 is 0 Å². The predicted molar refractivity (Wildman–Crippen MR) is 74.4 cm³/mol. The molecule has 1 aromatic rings. The van der Waals surface area contributed by atoms with Crippen molar-refractivity contribution in [3.05, 3.63) is 17.5 Å². The average molecular weight is 250 g/mol. The minimum absolute atomic E-state index is 0.348. The molecule has 0 aliphatic heterocycles. The molecule has 1 saturated carbocycles. The lowest BCUT2D eigenvalue weighted by Gasteiger charge is -2.30. The standard InChI is InChI=1S/C14H26N4/c1-4-8-18(11-6-7-11)14(9-15)12-10-17(3)16-13(12)5-2/h10-11,14H,4-9,15H2,1-3H3. The largest absolute Gasteiger partial charge is 0.329 e. The van der Waals surface area contributed by atoms with Gasteiger partial charge in [0, 0.05) is 31.4 Å². The van der Waals surface area contributed by atoms with E-state index < -0.39 is 0 Å². The molecule has 0 aromatic carbocycles. The molecular weight excluding hydrogens is 224 g/mol.